The number of ether oxygens (including phenoxy) is 2. The second kappa shape index (κ2) is 10.7. The first-order valence-electron chi connectivity index (χ1n) is 9.96. The number of carbonyl (C=O) groups is 1. The summed E-state index contributed by atoms with van der Waals surface area (Å²) in [5.41, 5.74) is 0.552. The molecule has 11 nitrogen and oxygen atoms in total. The van der Waals surface area contributed by atoms with Gasteiger partial charge >= 0.3 is 0 Å². The number of hydrogen-bond acceptors (Lipinski definition) is 10. The van der Waals surface area contributed by atoms with Crippen LogP contribution < -0.4 is 20.6 Å². The number of carbonyl (C=O) groups excluding carboxylic acids is 1. The molecule has 3 N–H and O–H groups in total. The summed E-state index contributed by atoms with van der Waals surface area (Å²) in [4.78, 5) is 16.5. The van der Waals surface area contributed by atoms with Crippen LogP contribution in [0.2, 0.25) is 0 Å². The van der Waals surface area contributed by atoms with Gasteiger partial charge in [0, 0.05) is 0 Å². The summed E-state index contributed by atoms with van der Waals surface area (Å²) in [5, 5.41) is 15.0. The molecule has 0 aliphatic heterocycles. The van der Waals surface area contributed by atoms with Crippen molar-refractivity contribution in [3.05, 3.63) is 71.9 Å². The Kier molecular flexibility index (Phi) is 7.22. The van der Waals surface area contributed by atoms with Gasteiger partial charge in [-0.25, -0.2) is 9.07 Å². The van der Waals surface area contributed by atoms with E-state index in [0.29, 0.717) is 34.1 Å². The topological polar surface area (TPSA) is 143 Å². The van der Waals surface area contributed by atoms with Crippen LogP contribution in [0.25, 0.3) is 0 Å². The number of para-hydroxylation sites is 2. The molecule has 0 aliphatic rings. The third-order valence-electron chi connectivity index (χ3n) is 4.45. The lowest BCUT2D eigenvalue weighted by molar-refractivity contribution is -0.115. The van der Waals surface area contributed by atoms with Gasteiger partial charge in [-0.1, -0.05) is 29.1 Å². The lowest BCUT2D eigenvalue weighted by Gasteiger charge is -2.08. The van der Waals surface area contributed by atoms with Gasteiger partial charge in [0.1, 0.15) is 23.9 Å². The van der Waals surface area contributed by atoms with Gasteiger partial charge in [0.25, 0.3) is 0 Å². The van der Waals surface area contributed by atoms with E-state index >= 15 is 0 Å². The molecule has 0 radical (unpaired) electrons. The van der Waals surface area contributed by atoms with Gasteiger partial charge in [-0.15, -0.1) is 10.2 Å². The normalized spacial score (nSPS) is 10.8. The van der Waals surface area contributed by atoms with Crippen LogP contribution >= 0.6 is 11.8 Å². The van der Waals surface area contributed by atoms with Crippen molar-refractivity contribution in [2.75, 3.05) is 18.3 Å². The predicted octanol–water partition coefficient (Wildman–Crippen LogP) is 2.58. The van der Waals surface area contributed by atoms with Gasteiger partial charge in [0.2, 0.25) is 17.0 Å². The van der Waals surface area contributed by atoms with Crippen LogP contribution in [-0.4, -0.2) is 38.0 Å². The van der Waals surface area contributed by atoms with E-state index in [2.05, 4.69) is 25.7 Å². The number of methoxy groups -OCH3 is 1. The van der Waals surface area contributed by atoms with Crippen molar-refractivity contribution in [2.24, 2.45) is 0 Å². The van der Waals surface area contributed by atoms with Crippen LogP contribution in [0, 0.1) is 5.82 Å². The molecule has 0 fully saturated rings. The van der Waals surface area contributed by atoms with Gasteiger partial charge in [0.05, 0.1) is 25.0 Å². The zero-order valence-electron chi connectivity index (χ0n) is 18.0. The molecule has 4 rings (SSSR count). The highest BCUT2D eigenvalue weighted by atomic mass is 32.2. The number of amides is 1. The van der Waals surface area contributed by atoms with E-state index in [4.69, 9.17) is 19.8 Å². The number of benzene rings is 2. The summed E-state index contributed by atoms with van der Waals surface area (Å²) < 4.78 is 30.2. The van der Waals surface area contributed by atoms with Crippen LogP contribution in [0.15, 0.2) is 58.2 Å². The SMILES string of the molecule is COc1ccccc1NC(=O)Cc1noc(CSc2nnc(COc3ccc(F)cc3)n2N)n1. The smallest absolute Gasteiger partial charge is 0.237 e. The van der Waals surface area contributed by atoms with Gasteiger partial charge < -0.3 is 25.2 Å². The lowest BCUT2D eigenvalue weighted by atomic mass is 10.2. The minimum absolute atomic E-state index is 0.0573. The molecule has 2 heterocycles. The van der Waals surface area contributed by atoms with Crippen molar-refractivity contribution in [1.29, 1.82) is 0 Å². The standard InChI is InChI=1S/C21H20FN7O4S/c1-31-16-5-3-2-4-15(16)24-19(30)10-17-25-20(33-28-17)12-34-21-27-26-18(29(21)23)11-32-14-8-6-13(22)7-9-14/h2-9H,10-12,23H2,1H3,(H,24,30). The molecular formula is C21H20FN7O4S. The summed E-state index contributed by atoms with van der Waals surface area (Å²) >= 11 is 1.23. The zero-order valence-corrected chi connectivity index (χ0v) is 18.8. The average Bonchev–Trinajstić information content (AvgIpc) is 3.43. The minimum atomic E-state index is -0.353. The molecule has 2 aromatic heterocycles. The summed E-state index contributed by atoms with van der Waals surface area (Å²) in [6.45, 7) is 0.0573. The van der Waals surface area contributed by atoms with Gasteiger partial charge in [-0.3, -0.25) is 4.79 Å². The quantitative estimate of drug-likeness (QED) is 0.254. The number of nitrogens with one attached hydrogen (secondary N) is 1. The van der Waals surface area contributed by atoms with E-state index in [1.54, 1.807) is 24.3 Å². The monoisotopic (exact) mass is 485 g/mol. The van der Waals surface area contributed by atoms with E-state index in [1.807, 2.05) is 0 Å². The number of aromatic nitrogens is 5. The Bertz CT molecular complexity index is 1260. The van der Waals surface area contributed by atoms with Crippen LogP contribution in [0.5, 0.6) is 11.5 Å². The van der Waals surface area contributed by atoms with Crippen molar-refractivity contribution >= 4 is 23.4 Å². The van der Waals surface area contributed by atoms with Crippen molar-refractivity contribution in [3.8, 4) is 11.5 Å². The lowest BCUT2D eigenvalue weighted by Crippen LogP contribution is -2.16. The highest BCUT2D eigenvalue weighted by Crippen LogP contribution is 2.23. The first-order chi connectivity index (χ1) is 16.5. The maximum Gasteiger partial charge on any atom is 0.237 e. The first kappa shape index (κ1) is 23.0. The van der Waals surface area contributed by atoms with Crippen molar-refractivity contribution in [1.82, 2.24) is 25.0 Å². The van der Waals surface area contributed by atoms with Crippen LogP contribution in [-0.2, 0) is 23.6 Å². The molecule has 0 bridgehead atoms. The highest BCUT2D eigenvalue weighted by molar-refractivity contribution is 7.98. The maximum absolute atomic E-state index is 13.0. The van der Waals surface area contributed by atoms with Crippen molar-refractivity contribution in [3.63, 3.8) is 0 Å². The number of nitrogens with two attached hydrogens (primary N) is 1. The number of nitrogen functional groups attached to an aromatic ring is 1. The number of halogens is 1. The molecule has 0 unspecified atom stereocenters. The fraction of sp³-hybridized carbons (Fsp3) is 0.190. The third kappa shape index (κ3) is 5.81. The number of anilines is 1. The van der Waals surface area contributed by atoms with E-state index in [9.17, 15) is 9.18 Å². The molecule has 176 valence electrons. The van der Waals surface area contributed by atoms with Crippen LogP contribution in [0.1, 0.15) is 17.5 Å². The highest BCUT2D eigenvalue weighted by Gasteiger charge is 2.16. The molecule has 0 saturated carbocycles. The molecular weight excluding hydrogens is 465 g/mol. The third-order valence-corrected chi connectivity index (χ3v) is 5.38. The molecule has 34 heavy (non-hydrogen) atoms. The van der Waals surface area contributed by atoms with Crippen molar-refractivity contribution in [2.45, 2.75) is 23.9 Å². The van der Waals surface area contributed by atoms with E-state index in [0.717, 1.165) is 0 Å². The predicted molar refractivity (Wildman–Crippen MR) is 120 cm³/mol. The summed E-state index contributed by atoms with van der Waals surface area (Å²) in [6, 6.07) is 12.7. The molecule has 0 saturated heterocycles. The Labute approximate surface area is 197 Å². The first-order valence-corrected chi connectivity index (χ1v) is 10.9. The zero-order chi connectivity index (χ0) is 23.9. The summed E-state index contributed by atoms with van der Waals surface area (Å²) in [6.07, 6.45) is -0.0653. The Morgan fingerprint density at radius 3 is 2.79 bits per heavy atom. The Morgan fingerprint density at radius 2 is 2.00 bits per heavy atom. The van der Waals surface area contributed by atoms with Crippen LogP contribution in [0.3, 0.4) is 0 Å². The van der Waals surface area contributed by atoms with E-state index in [-0.39, 0.29) is 36.3 Å². The van der Waals surface area contributed by atoms with E-state index in [1.165, 1.54) is 47.8 Å². The Morgan fingerprint density at radius 1 is 1.21 bits per heavy atom. The maximum atomic E-state index is 13.0. The minimum Gasteiger partial charge on any atom is -0.495 e. The van der Waals surface area contributed by atoms with E-state index < -0.39 is 0 Å². The van der Waals surface area contributed by atoms with Gasteiger partial charge in [-0.05, 0) is 36.4 Å². The Hall–Kier alpha value is -4.13. The largest absolute Gasteiger partial charge is 0.495 e. The second-order valence-electron chi connectivity index (χ2n) is 6.83. The Balaban J connectivity index is 1.28. The van der Waals surface area contributed by atoms with Crippen molar-refractivity contribution < 1.29 is 23.2 Å². The number of hydrogen-bond donors (Lipinski definition) is 2. The molecule has 1 amide bonds. The number of nitrogens with zero attached hydrogens (tertiary/aromatic N) is 5. The summed E-state index contributed by atoms with van der Waals surface area (Å²) in [5.74, 6) is 7.59. The van der Waals surface area contributed by atoms with Gasteiger partial charge in [0.15, 0.2) is 11.6 Å². The molecule has 13 heteroatoms. The molecule has 4 aromatic rings. The average molecular weight is 486 g/mol. The fourth-order valence-electron chi connectivity index (χ4n) is 2.82. The number of thioether (sulfide) groups is 1. The second-order valence-corrected chi connectivity index (χ2v) is 7.77. The molecule has 2 aromatic carbocycles. The van der Waals surface area contributed by atoms with Gasteiger partial charge in [-0.2, -0.15) is 4.98 Å². The molecule has 0 atom stereocenters. The number of rotatable bonds is 10. The molecule has 0 aliphatic carbocycles. The summed E-state index contributed by atoms with van der Waals surface area (Å²) in [7, 11) is 1.53. The molecule has 0 spiro atoms. The van der Waals surface area contributed by atoms with Crippen LogP contribution in [0.4, 0.5) is 10.1 Å². The fourth-order valence-corrected chi connectivity index (χ4v) is 3.53.